The van der Waals surface area contributed by atoms with Gasteiger partial charge in [-0.25, -0.2) is 18.7 Å². The van der Waals surface area contributed by atoms with E-state index in [9.17, 15) is 22.8 Å². The zero-order valence-corrected chi connectivity index (χ0v) is 25.2. The van der Waals surface area contributed by atoms with Gasteiger partial charge >= 0.3 is 11.9 Å². The molecule has 1 aromatic carbocycles. The topological polar surface area (TPSA) is 93.5 Å². The highest BCUT2D eigenvalue weighted by Crippen LogP contribution is 2.48. The number of fused-ring (bicyclic) bond motifs is 2. The van der Waals surface area contributed by atoms with Crippen molar-refractivity contribution in [3.63, 3.8) is 0 Å². The van der Waals surface area contributed by atoms with E-state index in [1.807, 2.05) is 13.8 Å². The van der Waals surface area contributed by atoms with Crippen molar-refractivity contribution in [2.24, 2.45) is 0 Å². The smallest absolute Gasteiger partial charge is 0.417 e. The number of ether oxygens (including phenoxy) is 1. The molecule has 0 bridgehead atoms. The number of aromatic nitrogens is 4. The summed E-state index contributed by atoms with van der Waals surface area (Å²) in [6.45, 7) is 9.71. The van der Waals surface area contributed by atoms with Crippen LogP contribution in [0.3, 0.4) is 0 Å². The summed E-state index contributed by atoms with van der Waals surface area (Å²) >= 11 is 6.80. The van der Waals surface area contributed by atoms with Gasteiger partial charge in [0.2, 0.25) is 5.91 Å². The molecule has 9 nitrogen and oxygen atoms in total. The molecule has 3 aromatic heterocycles. The van der Waals surface area contributed by atoms with Crippen molar-refractivity contribution in [3.05, 3.63) is 81.3 Å². The summed E-state index contributed by atoms with van der Waals surface area (Å²) in [5, 5.41) is -0.214. The van der Waals surface area contributed by atoms with E-state index in [2.05, 4.69) is 21.5 Å². The maximum absolute atomic E-state index is 15.4. The minimum atomic E-state index is -4.96. The molecule has 45 heavy (non-hydrogen) atoms. The number of amides is 1. The summed E-state index contributed by atoms with van der Waals surface area (Å²) in [4.78, 5) is 43.3. The van der Waals surface area contributed by atoms with Gasteiger partial charge in [0.1, 0.15) is 28.7 Å². The summed E-state index contributed by atoms with van der Waals surface area (Å²) in [6, 6.07) is 3.74. The van der Waals surface area contributed by atoms with E-state index in [0.717, 1.165) is 18.2 Å². The van der Waals surface area contributed by atoms with Crippen molar-refractivity contribution >= 4 is 34.4 Å². The van der Waals surface area contributed by atoms with E-state index < -0.39 is 40.5 Å². The van der Waals surface area contributed by atoms with Crippen LogP contribution < -0.4 is 15.3 Å². The summed E-state index contributed by atoms with van der Waals surface area (Å²) in [5.41, 5.74) is -2.15. The standard InChI is InChI=1S/C31H27ClF4N6O3/c1-5-20(43)40-11-12-41-17(13-40)14-45-27-22-28(41)39-30(44)42(26-16(4)9-10-37-24(26)15(2)3)29(22)38-25(23(27)32)21-18(31(34,35)36)7-6-8-19(21)33/h5-10,15,17H,1,11-14H2,2-4H3/t17-/m0/s1. The second-order valence-electron chi connectivity index (χ2n) is 11.2. The number of piperazine rings is 1. The van der Waals surface area contributed by atoms with Gasteiger partial charge in [-0.2, -0.15) is 18.2 Å². The number of hydrogen-bond donors (Lipinski definition) is 0. The van der Waals surface area contributed by atoms with Crippen LogP contribution in [0.2, 0.25) is 5.02 Å². The van der Waals surface area contributed by atoms with Crippen LogP contribution >= 0.6 is 11.6 Å². The van der Waals surface area contributed by atoms with Gasteiger partial charge in [-0.3, -0.25) is 9.78 Å². The normalized spacial score (nSPS) is 16.4. The number of benzene rings is 1. The van der Waals surface area contributed by atoms with Gasteiger partial charge in [0.15, 0.2) is 11.4 Å². The molecule has 0 unspecified atom stereocenters. The highest BCUT2D eigenvalue weighted by molar-refractivity contribution is 6.36. The predicted octanol–water partition coefficient (Wildman–Crippen LogP) is 5.68. The van der Waals surface area contributed by atoms with E-state index in [0.29, 0.717) is 16.9 Å². The van der Waals surface area contributed by atoms with Gasteiger partial charge in [0.05, 0.1) is 28.7 Å². The van der Waals surface area contributed by atoms with Crippen LogP contribution in [0.1, 0.15) is 36.6 Å². The Labute approximate surface area is 259 Å². The van der Waals surface area contributed by atoms with Crippen molar-refractivity contribution in [2.75, 3.05) is 31.1 Å². The third-order valence-electron chi connectivity index (χ3n) is 8.05. The Kier molecular flexibility index (Phi) is 7.54. The fourth-order valence-electron chi connectivity index (χ4n) is 5.96. The Morgan fingerprint density at radius 1 is 1.20 bits per heavy atom. The van der Waals surface area contributed by atoms with Crippen molar-refractivity contribution < 1.29 is 27.1 Å². The molecular weight excluding hydrogens is 616 g/mol. The molecule has 1 fully saturated rings. The first-order valence-electron chi connectivity index (χ1n) is 14.1. The Morgan fingerprint density at radius 2 is 1.96 bits per heavy atom. The summed E-state index contributed by atoms with van der Waals surface area (Å²) in [6.07, 6.45) is -2.17. The lowest BCUT2D eigenvalue weighted by molar-refractivity contribution is -0.137. The van der Waals surface area contributed by atoms with E-state index in [1.54, 1.807) is 29.0 Å². The quantitative estimate of drug-likeness (QED) is 0.209. The van der Waals surface area contributed by atoms with Gasteiger partial charge < -0.3 is 14.5 Å². The first kappa shape index (κ1) is 30.5. The first-order valence-corrected chi connectivity index (χ1v) is 14.5. The minimum Gasteiger partial charge on any atom is -0.489 e. The van der Waals surface area contributed by atoms with Gasteiger partial charge in [-0.05, 0) is 42.7 Å². The van der Waals surface area contributed by atoms with E-state index in [4.69, 9.17) is 16.3 Å². The van der Waals surface area contributed by atoms with Crippen LogP contribution in [0, 0.1) is 12.7 Å². The maximum Gasteiger partial charge on any atom is 0.417 e. The Morgan fingerprint density at radius 3 is 2.64 bits per heavy atom. The number of anilines is 1. The Bertz CT molecular complexity index is 1940. The number of pyridine rings is 2. The van der Waals surface area contributed by atoms with Crippen molar-refractivity contribution in [2.45, 2.75) is 38.9 Å². The molecule has 2 aliphatic heterocycles. The average molecular weight is 643 g/mol. The molecule has 234 valence electrons. The van der Waals surface area contributed by atoms with Crippen LogP contribution in [-0.2, 0) is 11.0 Å². The zero-order valence-electron chi connectivity index (χ0n) is 24.5. The third-order valence-corrected chi connectivity index (χ3v) is 8.40. The molecule has 1 atom stereocenters. The monoisotopic (exact) mass is 642 g/mol. The molecule has 0 saturated carbocycles. The molecule has 0 aliphatic carbocycles. The SMILES string of the molecule is C=CC(=O)N1CCN2c3nc(=O)n(-c4c(C)ccnc4C(C)C)c4nc(-c5c(F)cccc5C(F)(F)F)c(Cl)c(c34)OC[C@@H]2C1. The van der Waals surface area contributed by atoms with E-state index >= 15 is 4.39 Å². The minimum absolute atomic E-state index is 0.0731. The predicted molar refractivity (Wildman–Crippen MR) is 161 cm³/mol. The van der Waals surface area contributed by atoms with Crippen LogP contribution in [0.5, 0.6) is 5.75 Å². The van der Waals surface area contributed by atoms with Gasteiger partial charge in [0.25, 0.3) is 0 Å². The lowest BCUT2D eigenvalue weighted by Crippen LogP contribution is -2.56. The number of alkyl halides is 3. The summed E-state index contributed by atoms with van der Waals surface area (Å²) in [5.74, 6) is -1.64. The number of halogens is 5. The molecule has 0 radical (unpaired) electrons. The van der Waals surface area contributed by atoms with E-state index in [-0.39, 0.29) is 65.7 Å². The number of aryl methyl sites for hydroxylation is 1. The van der Waals surface area contributed by atoms with Crippen molar-refractivity contribution in [3.8, 4) is 22.7 Å². The van der Waals surface area contributed by atoms with Gasteiger partial charge in [0, 0.05) is 31.4 Å². The third kappa shape index (κ3) is 4.98. The number of carbonyl (C=O) groups excluding carboxylic acids is 1. The Balaban J connectivity index is 1.74. The second-order valence-corrected chi connectivity index (χ2v) is 11.6. The van der Waals surface area contributed by atoms with Gasteiger partial charge in [-0.1, -0.05) is 38.1 Å². The number of hydrogen-bond acceptors (Lipinski definition) is 7. The van der Waals surface area contributed by atoms with E-state index in [1.165, 1.54) is 10.6 Å². The molecule has 2 aliphatic rings. The maximum atomic E-state index is 15.4. The fourth-order valence-corrected chi connectivity index (χ4v) is 6.25. The van der Waals surface area contributed by atoms with Crippen LogP contribution in [-0.4, -0.2) is 62.6 Å². The Hall–Kier alpha value is -4.52. The first-order chi connectivity index (χ1) is 21.3. The van der Waals surface area contributed by atoms with Crippen LogP contribution in [0.15, 0.2) is 47.9 Å². The molecule has 0 N–H and O–H groups in total. The largest absolute Gasteiger partial charge is 0.489 e. The number of rotatable bonds is 4. The highest BCUT2D eigenvalue weighted by atomic mass is 35.5. The van der Waals surface area contributed by atoms with Crippen molar-refractivity contribution in [1.82, 2.24) is 24.4 Å². The fraction of sp³-hybridized carbons (Fsp3) is 0.323. The highest BCUT2D eigenvalue weighted by Gasteiger charge is 2.40. The lowest BCUT2D eigenvalue weighted by atomic mass is 10.0. The average Bonchev–Trinajstić information content (AvgIpc) is 3.15. The molecule has 0 spiro atoms. The molecule has 4 aromatic rings. The molecule has 1 amide bonds. The zero-order chi connectivity index (χ0) is 32.4. The van der Waals surface area contributed by atoms with Gasteiger partial charge in [-0.15, -0.1) is 0 Å². The second kappa shape index (κ2) is 11.1. The van der Waals surface area contributed by atoms with Crippen molar-refractivity contribution in [1.29, 1.82) is 0 Å². The van der Waals surface area contributed by atoms with Crippen LogP contribution in [0.4, 0.5) is 23.4 Å². The number of carbonyl (C=O) groups is 1. The number of nitrogens with zero attached hydrogens (tertiary/aromatic N) is 6. The lowest BCUT2D eigenvalue weighted by Gasteiger charge is -2.40. The molecule has 6 rings (SSSR count). The molecule has 14 heteroatoms. The van der Waals surface area contributed by atoms with Crippen LogP contribution in [0.25, 0.3) is 28.0 Å². The molecular formula is C31H27ClF4N6O3. The summed E-state index contributed by atoms with van der Waals surface area (Å²) < 4.78 is 65.5. The molecule has 5 heterocycles. The molecule has 1 saturated heterocycles. The summed E-state index contributed by atoms with van der Waals surface area (Å²) in [7, 11) is 0.